The Morgan fingerprint density at radius 2 is 2.26 bits per heavy atom. The largest absolute Gasteiger partial charge is 0.382 e. The number of aryl methyl sites for hydroxylation is 1. The first-order valence-electron chi connectivity index (χ1n) is 5.73. The van der Waals surface area contributed by atoms with Gasteiger partial charge in [-0.3, -0.25) is 4.79 Å². The van der Waals surface area contributed by atoms with Gasteiger partial charge >= 0.3 is 0 Å². The first-order chi connectivity index (χ1) is 9.10. The van der Waals surface area contributed by atoms with Gasteiger partial charge in [-0.2, -0.15) is 0 Å². The minimum Gasteiger partial charge on any atom is -0.382 e. The highest BCUT2D eigenvalue weighted by Crippen LogP contribution is 2.24. The van der Waals surface area contributed by atoms with Crippen molar-refractivity contribution in [3.05, 3.63) is 21.0 Å². The van der Waals surface area contributed by atoms with Gasteiger partial charge in [0.25, 0.3) is 5.91 Å². The van der Waals surface area contributed by atoms with Crippen molar-refractivity contribution in [2.45, 2.75) is 13.3 Å². The molecule has 0 unspecified atom stereocenters. The Labute approximate surface area is 119 Å². The molecular formula is C11H15N5OS2. The summed E-state index contributed by atoms with van der Waals surface area (Å²) in [4.78, 5) is 20.7. The number of carbonyl (C=O) groups is 1. The molecule has 19 heavy (non-hydrogen) atoms. The molecule has 1 amide bonds. The lowest BCUT2D eigenvalue weighted by Crippen LogP contribution is -2.25. The van der Waals surface area contributed by atoms with Gasteiger partial charge in [0, 0.05) is 25.4 Å². The van der Waals surface area contributed by atoms with Crippen LogP contribution in [0.2, 0.25) is 0 Å². The fraction of sp³-hybridized carbons (Fsp3) is 0.364. The minimum atomic E-state index is -0.191. The topological polar surface area (TPSA) is 92.9 Å². The summed E-state index contributed by atoms with van der Waals surface area (Å²) in [6, 6.07) is 0. The molecule has 0 saturated heterocycles. The Kier molecular flexibility index (Phi) is 4.33. The maximum absolute atomic E-state index is 11.9. The summed E-state index contributed by atoms with van der Waals surface area (Å²) in [7, 11) is 1.74. The maximum atomic E-state index is 11.9. The smallest absolute Gasteiger partial charge is 0.265 e. The lowest BCUT2D eigenvalue weighted by Gasteiger charge is -2.02. The summed E-state index contributed by atoms with van der Waals surface area (Å²) in [6.07, 6.45) is 0.716. The van der Waals surface area contributed by atoms with Gasteiger partial charge in [-0.15, -0.1) is 11.3 Å². The van der Waals surface area contributed by atoms with Crippen molar-refractivity contribution in [3.63, 3.8) is 0 Å². The van der Waals surface area contributed by atoms with E-state index >= 15 is 0 Å². The van der Waals surface area contributed by atoms with E-state index in [4.69, 9.17) is 5.73 Å². The van der Waals surface area contributed by atoms with Crippen LogP contribution in [0.15, 0.2) is 5.38 Å². The van der Waals surface area contributed by atoms with Gasteiger partial charge in [-0.1, -0.05) is 11.3 Å². The van der Waals surface area contributed by atoms with Crippen LogP contribution >= 0.6 is 22.7 Å². The third-order valence-electron chi connectivity index (χ3n) is 2.41. The first kappa shape index (κ1) is 13.8. The van der Waals surface area contributed by atoms with Crippen molar-refractivity contribution < 1.29 is 4.79 Å². The number of carbonyl (C=O) groups excluding carboxylic acids is 1. The van der Waals surface area contributed by atoms with Gasteiger partial charge in [-0.05, 0) is 6.92 Å². The summed E-state index contributed by atoms with van der Waals surface area (Å²) in [5, 5.41) is 9.36. The van der Waals surface area contributed by atoms with Gasteiger partial charge in [-0.25, -0.2) is 9.97 Å². The van der Waals surface area contributed by atoms with E-state index in [0.29, 0.717) is 23.0 Å². The summed E-state index contributed by atoms with van der Waals surface area (Å²) >= 11 is 2.85. The van der Waals surface area contributed by atoms with Gasteiger partial charge in [0.1, 0.15) is 10.7 Å². The molecule has 0 aliphatic rings. The predicted octanol–water partition coefficient (Wildman–Crippen LogP) is 1.50. The first-order valence-corrected chi connectivity index (χ1v) is 7.43. The lowest BCUT2D eigenvalue weighted by molar-refractivity contribution is 0.0959. The summed E-state index contributed by atoms with van der Waals surface area (Å²) in [5.74, 6) is 0.0693. The maximum Gasteiger partial charge on any atom is 0.265 e. The second kappa shape index (κ2) is 5.98. The number of nitrogens with two attached hydrogens (primary N) is 1. The second-order valence-corrected chi connectivity index (χ2v) is 5.91. The molecule has 0 bridgehead atoms. The number of amides is 1. The molecule has 0 fully saturated rings. The number of nitrogens with zero attached hydrogens (tertiary/aromatic N) is 2. The fourth-order valence-corrected chi connectivity index (χ4v) is 2.91. The molecule has 4 N–H and O–H groups in total. The van der Waals surface area contributed by atoms with E-state index in [1.165, 1.54) is 11.3 Å². The lowest BCUT2D eigenvalue weighted by atomic mass is 10.3. The zero-order chi connectivity index (χ0) is 13.8. The second-order valence-electron chi connectivity index (χ2n) is 3.85. The summed E-state index contributed by atoms with van der Waals surface area (Å²) < 4.78 is 0. The van der Waals surface area contributed by atoms with Gasteiger partial charge in [0.2, 0.25) is 0 Å². The van der Waals surface area contributed by atoms with Crippen LogP contribution in [0.5, 0.6) is 0 Å². The van der Waals surface area contributed by atoms with Crippen molar-refractivity contribution in [1.29, 1.82) is 0 Å². The highest BCUT2D eigenvalue weighted by atomic mass is 32.1. The number of hydrogen-bond acceptors (Lipinski definition) is 7. The molecule has 0 aromatic carbocycles. The fourth-order valence-electron chi connectivity index (χ4n) is 1.51. The molecule has 2 aromatic heterocycles. The summed E-state index contributed by atoms with van der Waals surface area (Å²) in [6.45, 7) is 2.50. The van der Waals surface area contributed by atoms with Gasteiger partial charge < -0.3 is 16.4 Å². The monoisotopic (exact) mass is 297 g/mol. The molecule has 102 valence electrons. The quantitative estimate of drug-likeness (QED) is 0.778. The molecule has 2 heterocycles. The van der Waals surface area contributed by atoms with E-state index in [2.05, 4.69) is 20.6 Å². The zero-order valence-corrected chi connectivity index (χ0v) is 12.3. The van der Waals surface area contributed by atoms with Crippen LogP contribution in [0.25, 0.3) is 0 Å². The van der Waals surface area contributed by atoms with Crippen molar-refractivity contribution in [2.24, 2.45) is 0 Å². The van der Waals surface area contributed by atoms with E-state index in [1.54, 1.807) is 18.4 Å². The van der Waals surface area contributed by atoms with Crippen LogP contribution < -0.4 is 16.4 Å². The van der Waals surface area contributed by atoms with Crippen molar-refractivity contribution in [1.82, 2.24) is 15.3 Å². The van der Waals surface area contributed by atoms with Crippen molar-refractivity contribution >= 4 is 39.5 Å². The molecule has 6 nitrogen and oxygen atoms in total. The molecule has 0 spiro atoms. The van der Waals surface area contributed by atoms with E-state index in [-0.39, 0.29) is 11.7 Å². The summed E-state index contributed by atoms with van der Waals surface area (Å²) in [5.41, 5.74) is 6.69. The standard InChI is InChI=1S/C11H15N5OS2/c1-6-15-7(5-18-6)3-4-14-10(17)8-9(12)16-11(13-2)19-8/h5H,3-4,12H2,1-2H3,(H,13,16)(H,14,17). The van der Waals surface area contributed by atoms with Crippen LogP contribution in [-0.4, -0.2) is 29.5 Å². The van der Waals surface area contributed by atoms with Gasteiger partial charge in [0.05, 0.1) is 10.7 Å². The number of rotatable bonds is 5. The molecule has 2 rings (SSSR count). The third kappa shape index (κ3) is 3.42. The molecule has 0 aliphatic heterocycles. The van der Waals surface area contributed by atoms with E-state index < -0.39 is 0 Å². The Balaban J connectivity index is 1.88. The highest BCUT2D eigenvalue weighted by Gasteiger charge is 2.15. The molecule has 0 saturated carbocycles. The number of nitrogens with one attached hydrogen (secondary N) is 2. The molecule has 0 aliphatic carbocycles. The van der Waals surface area contributed by atoms with Crippen molar-refractivity contribution in [3.8, 4) is 0 Å². The van der Waals surface area contributed by atoms with E-state index in [0.717, 1.165) is 10.7 Å². The van der Waals surface area contributed by atoms with E-state index in [1.807, 2.05) is 12.3 Å². The third-order valence-corrected chi connectivity index (χ3v) is 4.32. The number of thiazole rings is 2. The number of nitrogen functional groups attached to an aromatic ring is 1. The SMILES string of the molecule is CNc1nc(N)c(C(=O)NCCc2csc(C)n2)s1. The molecule has 8 heteroatoms. The molecule has 0 atom stereocenters. The highest BCUT2D eigenvalue weighted by molar-refractivity contribution is 7.18. The van der Waals surface area contributed by atoms with Crippen LogP contribution in [0.1, 0.15) is 20.4 Å². The minimum absolute atomic E-state index is 0.191. The Morgan fingerprint density at radius 3 is 2.84 bits per heavy atom. The van der Waals surface area contributed by atoms with Crippen LogP contribution in [0.3, 0.4) is 0 Å². The van der Waals surface area contributed by atoms with Crippen LogP contribution in [0, 0.1) is 6.92 Å². The van der Waals surface area contributed by atoms with Crippen LogP contribution in [0.4, 0.5) is 10.9 Å². The van der Waals surface area contributed by atoms with Gasteiger partial charge in [0.15, 0.2) is 5.13 Å². The Bertz CT molecular complexity index is 577. The molecule has 0 radical (unpaired) electrons. The average molecular weight is 297 g/mol. The zero-order valence-electron chi connectivity index (χ0n) is 10.7. The van der Waals surface area contributed by atoms with Crippen molar-refractivity contribution in [2.75, 3.05) is 24.6 Å². The Morgan fingerprint density at radius 1 is 1.47 bits per heavy atom. The van der Waals surface area contributed by atoms with Crippen LogP contribution in [-0.2, 0) is 6.42 Å². The number of aromatic nitrogens is 2. The Hall–Kier alpha value is -1.67. The normalized spacial score (nSPS) is 10.4. The molecule has 2 aromatic rings. The predicted molar refractivity (Wildman–Crippen MR) is 79.0 cm³/mol. The molecular weight excluding hydrogens is 282 g/mol. The van der Waals surface area contributed by atoms with E-state index in [9.17, 15) is 4.79 Å². The number of anilines is 2. The number of hydrogen-bond donors (Lipinski definition) is 3. The average Bonchev–Trinajstić information content (AvgIpc) is 2.95.